The lowest BCUT2D eigenvalue weighted by Crippen LogP contribution is -2.51. The van der Waals surface area contributed by atoms with Crippen molar-refractivity contribution in [2.45, 2.75) is 19.0 Å². The zero-order valence-corrected chi connectivity index (χ0v) is 9.93. The van der Waals surface area contributed by atoms with Gasteiger partial charge in [0, 0.05) is 6.04 Å². The second-order valence-electron chi connectivity index (χ2n) is 4.47. The quantitative estimate of drug-likeness (QED) is 0.811. The van der Waals surface area contributed by atoms with Crippen LogP contribution in [0.4, 0.5) is 0 Å². The highest BCUT2D eigenvalue weighted by molar-refractivity contribution is 5.79. The molecule has 0 spiro atoms. The summed E-state index contributed by atoms with van der Waals surface area (Å²) in [5, 5.41) is 2.92. The van der Waals surface area contributed by atoms with Crippen molar-refractivity contribution in [3.63, 3.8) is 0 Å². The van der Waals surface area contributed by atoms with E-state index in [0.717, 1.165) is 5.56 Å². The summed E-state index contributed by atoms with van der Waals surface area (Å²) >= 11 is 0. The molecule has 4 heteroatoms. The van der Waals surface area contributed by atoms with E-state index < -0.39 is 0 Å². The first-order valence-electron chi connectivity index (χ1n) is 5.87. The molecular weight excluding hydrogens is 216 g/mol. The van der Waals surface area contributed by atoms with Gasteiger partial charge >= 0.3 is 0 Å². The van der Waals surface area contributed by atoms with Crippen LogP contribution < -0.4 is 11.1 Å². The summed E-state index contributed by atoms with van der Waals surface area (Å²) in [5.41, 5.74) is 7.07. The molecule has 92 valence electrons. The van der Waals surface area contributed by atoms with E-state index in [-0.39, 0.29) is 23.9 Å². The second-order valence-corrected chi connectivity index (χ2v) is 4.47. The van der Waals surface area contributed by atoms with Gasteiger partial charge in [0.15, 0.2) is 0 Å². The number of hydrogen-bond acceptors (Lipinski definition) is 3. The van der Waals surface area contributed by atoms with E-state index in [4.69, 9.17) is 10.5 Å². The Balaban J connectivity index is 1.94. The first kappa shape index (κ1) is 12.1. The van der Waals surface area contributed by atoms with Crippen LogP contribution in [0.1, 0.15) is 18.5 Å². The normalized spacial score (nSPS) is 19.2. The van der Waals surface area contributed by atoms with E-state index in [1.165, 1.54) is 0 Å². The Morgan fingerprint density at radius 3 is 2.59 bits per heavy atom. The van der Waals surface area contributed by atoms with Gasteiger partial charge in [-0.05, 0) is 5.56 Å². The van der Waals surface area contributed by atoms with E-state index in [1.807, 2.05) is 37.3 Å². The van der Waals surface area contributed by atoms with Crippen LogP contribution in [-0.2, 0) is 9.53 Å². The smallest absolute Gasteiger partial charge is 0.225 e. The Kier molecular flexibility index (Phi) is 3.76. The van der Waals surface area contributed by atoms with Crippen LogP contribution in [0.5, 0.6) is 0 Å². The third-order valence-electron chi connectivity index (χ3n) is 3.12. The minimum atomic E-state index is -0.266. The Bertz CT molecular complexity index is 376. The third kappa shape index (κ3) is 2.84. The summed E-state index contributed by atoms with van der Waals surface area (Å²) in [6.07, 6.45) is 0. The van der Waals surface area contributed by atoms with Crippen molar-refractivity contribution in [2.24, 2.45) is 11.7 Å². The first-order chi connectivity index (χ1) is 8.18. The molecule has 2 atom stereocenters. The highest BCUT2D eigenvalue weighted by atomic mass is 16.5. The van der Waals surface area contributed by atoms with E-state index >= 15 is 0 Å². The van der Waals surface area contributed by atoms with E-state index in [9.17, 15) is 4.79 Å². The molecule has 1 aromatic rings. The van der Waals surface area contributed by atoms with Crippen molar-refractivity contribution >= 4 is 5.91 Å². The molecule has 17 heavy (non-hydrogen) atoms. The van der Waals surface area contributed by atoms with Crippen LogP contribution in [0.2, 0.25) is 0 Å². The minimum Gasteiger partial charge on any atom is -0.377 e. The summed E-state index contributed by atoms with van der Waals surface area (Å²) in [6, 6.07) is 9.58. The van der Waals surface area contributed by atoms with Crippen molar-refractivity contribution < 1.29 is 9.53 Å². The largest absolute Gasteiger partial charge is 0.377 e. The van der Waals surface area contributed by atoms with Crippen LogP contribution in [-0.4, -0.2) is 25.2 Å². The van der Waals surface area contributed by atoms with Gasteiger partial charge in [0.05, 0.1) is 25.2 Å². The zero-order valence-electron chi connectivity index (χ0n) is 9.93. The zero-order chi connectivity index (χ0) is 12.3. The van der Waals surface area contributed by atoms with Gasteiger partial charge in [0.25, 0.3) is 0 Å². The van der Waals surface area contributed by atoms with E-state index in [0.29, 0.717) is 13.2 Å². The lowest BCUT2D eigenvalue weighted by molar-refractivity contribution is -0.129. The average Bonchev–Trinajstić information content (AvgIpc) is 2.32. The maximum Gasteiger partial charge on any atom is 0.225 e. The number of ether oxygens (including phenoxy) is 1. The highest BCUT2D eigenvalue weighted by Crippen LogP contribution is 2.19. The number of carbonyl (C=O) groups is 1. The second kappa shape index (κ2) is 5.29. The van der Waals surface area contributed by atoms with Crippen molar-refractivity contribution in [3.05, 3.63) is 35.9 Å². The number of hydrogen-bond donors (Lipinski definition) is 2. The predicted octanol–water partition coefficient (Wildman–Crippen LogP) is 0.838. The number of rotatable bonds is 4. The van der Waals surface area contributed by atoms with Crippen LogP contribution in [0.15, 0.2) is 30.3 Å². The minimum absolute atomic E-state index is 0.00495. The number of nitrogens with two attached hydrogens (primary N) is 1. The van der Waals surface area contributed by atoms with Crippen LogP contribution in [0.25, 0.3) is 0 Å². The summed E-state index contributed by atoms with van der Waals surface area (Å²) < 4.78 is 5.01. The molecule has 2 unspecified atom stereocenters. The molecule has 2 rings (SSSR count). The Labute approximate surface area is 101 Å². The van der Waals surface area contributed by atoms with Gasteiger partial charge in [-0.3, -0.25) is 4.79 Å². The van der Waals surface area contributed by atoms with Gasteiger partial charge < -0.3 is 15.8 Å². The number of amides is 1. The fourth-order valence-corrected chi connectivity index (χ4v) is 1.78. The molecule has 1 fully saturated rings. The van der Waals surface area contributed by atoms with E-state index in [1.54, 1.807) is 0 Å². The molecule has 1 saturated heterocycles. The SMILES string of the molecule is CC(C(=O)NC1COC1)C(N)c1ccccc1. The molecule has 1 heterocycles. The van der Waals surface area contributed by atoms with Crippen LogP contribution in [0, 0.1) is 5.92 Å². The Hall–Kier alpha value is -1.39. The molecule has 1 aliphatic heterocycles. The maximum atomic E-state index is 11.9. The molecule has 0 aliphatic carbocycles. The van der Waals surface area contributed by atoms with Crippen molar-refractivity contribution in [1.29, 1.82) is 0 Å². The first-order valence-corrected chi connectivity index (χ1v) is 5.87. The fourth-order valence-electron chi connectivity index (χ4n) is 1.78. The molecule has 0 radical (unpaired) electrons. The number of benzene rings is 1. The Morgan fingerprint density at radius 2 is 2.06 bits per heavy atom. The molecule has 0 saturated carbocycles. The lowest BCUT2D eigenvalue weighted by Gasteiger charge is -2.29. The average molecular weight is 234 g/mol. The topological polar surface area (TPSA) is 64.3 Å². The molecule has 4 nitrogen and oxygen atoms in total. The van der Waals surface area contributed by atoms with Crippen molar-refractivity contribution in [2.75, 3.05) is 13.2 Å². The van der Waals surface area contributed by atoms with Gasteiger partial charge in [0.1, 0.15) is 0 Å². The monoisotopic (exact) mass is 234 g/mol. The summed E-state index contributed by atoms with van der Waals surface area (Å²) in [6.45, 7) is 3.07. The highest BCUT2D eigenvalue weighted by Gasteiger charge is 2.26. The van der Waals surface area contributed by atoms with Crippen molar-refractivity contribution in [1.82, 2.24) is 5.32 Å². The van der Waals surface area contributed by atoms with Crippen LogP contribution >= 0.6 is 0 Å². The molecule has 1 aromatic carbocycles. The summed E-state index contributed by atoms with van der Waals surface area (Å²) in [4.78, 5) is 11.9. The number of nitrogens with one attached hydrogen (secondary N) is 1. The van der Waals surface area contributed by atoms with Gasteiger partial charge in [-0.2, -0.15) is 0 Å². The molecule has 0 bridgehead atoms. The van der Waals surface area contributed by atoms with Gasteiger partial charge in [-0.1, -0.05) is 37.3 Å². The standard InChI is InChI=1S/C13H18N2O2/c1-9(13(16)15-11-7-17-8-11)12(14)10-5-3-2-4-6-10/h2-6,9,11-12H,7-8,14H2,1H3,(H,15,16). The molecule has 1 aliphatic rings. The lowest BCUT2D eigenvalue weighted by atomic mass is 9.94. The van der Waals surface area contributed by atoms with Crippen LogP contribution in [0.3, 0.4) is 0 Å². The summed E-state index contributed by atoms with van der Waals surface area (Å²) in [5.74, 6) is -0.243. The summed E-state index contributed by atoms with van der Waals surface area (Å²) in [7, 11) is 0. The molecule has 0 aromatic heterocycles. The van der Waals surface area contributed by atoms with Crippen molar-refractivity contribution in [3.8, 4) is 0 Å². The molecule has 3 N–H and O–H groups in total. The van der Waals surface area contributed by atoms with Gasteiger partial charge in [-0.15, -0.1) is 0 Å². The Morgan fingerprint density at radius 1 is 1.41 bits per heavy atom. The van der Waals surface area contributed by atoms with Gasteiger partial charge in [0.2, 0.25) is 5.91 Å². The van der Waals surface area contributed by atoms with E-state index in [2.05, 4.69) is 5.32 Å². The number of carbonyl (C=O) groups excluding carboxylic acids is 1. The van der Waals surface area contributed by atoms with Gasteiger partial charge in [-0.25, -0.2) is 0 Å². The fraction of sp³-hybridized carbons (Fsp3) is 0.462. The third-order valence-corrected chi connectivity index (χ3v) is 3.12. The molecular formula is C13H18N2O2. The maximum absolute atomic E-state index is 11.9. The molecule has 1 amide bonds. The predicted molar refractivity (Wildman–Crippen MR) is 65.3 cm³/mol.